The number of benzene rings is 2. The summed E-state index contributed by atoms with van der Waals surface area (Å²) < 4.78 is 0. The predicted molar refractivity (Wildman–Crippen MR) is 109 cm³/mol. The lowest BCUT2D eigenvalue weighted by molar-refractivity contribution is -0.885. The Hall–Kier alpha value is -3.19. The topological polar surface area (TPSA) is 83.0 Å². The van der Waals surface area contributed by atoms with Gasteiger partial charge >= 0.3 is 6.03 Å². The summed E-state index contributed by atoms with van der Waals surface area (Å²) in [6.07, 6.45) is 0.381. The van der Waals surface area contributed by atoms with Crippen LogP contribution in [0.1, 0.15) is 30.0 Å². The number of nitrogens with one attached hydrogen (secondary N) is 3. The number of amides is 4. The van der Waals surface area contributed by atoms with Crippen molar-refractivity contribution in [3.05, 3.63) is 71.3 Å². The molecule has 1 heterocycles. The van der Waals surface area contributed by atoms with Gasteiger partial charge in [0.25, 0.3) is 11.8 Å². The Morgan fingerprint density at radius 3 is 2.38 bits per heavy atom. The van der Waals surface area contributed by atoms with Gasteiger partial charge in [-0.25, -0.2) is 4.79 Å². The van der Waals surface area contributed by atoms with Gasteiger partial charge in [0.2, 0.25) is 0 Å². The fraction of sp³-hybridized carbons (Fsp3) is 0.318. The summed E-state index contributed by atoms with van der Waals surface area (Å²) in [4.78, 5) is 38.9. The number of carbonyl (C=O) groups is 3. The van der Waals surface area contributed by atoms with E-state index >= 15 is 0 Å². The molecule has 2 atom stereocenters. The molecule has 0 aromatic heterocycles. The first kappa shape index (κ1) is 20.5. The van der Waals surface area contributed by atoms with E-state index in [0.717, 1.165) is 15.5 Å². The number of aryl methyl sites for hydroxylation is 1. The zero-order valence-corrected chi connectivity index (χ0v) is 17.0. The summed E-state index contributed by atoms with van der Waals surface area (Å²) in [6.45, 7) is 4.65. The van der Waals surface area contributed by atoms with Crippen LogP contribution in [0.15, 0.2) is 54.6 Å². The minimum Gasteiger partial charge on any atom is -0.326 e. The third kappa shape index (κ3) is 4.30. The van der Waals surface area contributed by atoms with Crippen molar-refractivity contribution < 1.29 is 19.3 Å². The van der Waals surface area contributed by atoms with Crippen LogP contribution in [0.3, 0.4) is 0 Å². The van der Waals surface area contributed by atoms with E-state index in [1.165, 1.54) is 5.56 Å². The Bertz CT molecular complexity index is 898. The second kappa shape index (κ2) is 8.45. The molecule has 4 amide bonds. The first-order chi connectivity index (χ1) is 13.9. The first-order valence-corrected chi connectivity index (χ1v) is 9.74. The summed E-state index contributed by atoms with van der Waals surface area (Å²) >= 11 is 0. The molecule has 3 N–H and O–H groups in total. The molecule has 1 saturated heterocycles. The van der Waals surface area contributed by atoms with Crippen LogP contribution in [-0.4, -0.2) is 36.4 Å². The molecule has 1 fully saturated rings. The fourth-order valence-corrected chi connectivity index (χ4v) is 3.59. The van der Waals surface area contributed by atoms with Crippen molar-refractivity contribution in [2.75, 3.05) is 13.6 Å². The third-order valence-corrected chi connectivity index (χ3v) is 5.21. The van der Waals surface area contributed by atoms with Crippen LogP contribution in [0.2, 0.25) is 0 Å². The minimum absolute atomic E-state index is 0.134. The highest BCUT2D eigenvalue weighted by molar-refractivity contribution is 6.08. The van der Waals surface area contributed by atoms with E-state index in [1.807, 2.05) is 63.4 Å². The number of quaternary nitrogens is 1. The van der Waals surface area contributed by atoms with Gasteiger partial charge in [-0.3, -0.25) is 15.0 Å². The van der Waals surface area contributed by atoms with Crippen molar-refractivity contribution in [3.8, 4) is 0 Å². The second-order valence-electron chi connectivity index (χ2n) is 7.53. The molecule has 7 heteroatoms. The first-order valence-electron chi connectivity index (χ1n) is 9.74. The molecule has 2 aromatic carbocycles. The van der Waals surface area contributed by atoms with E-state index in [9.17, 15) is 14.4 Å². The van der Waals surface area contributed by atoms with Gasteiger partial charge in [-0.1, -0.05) is 67.1 Å². The summed E-state index contributed by atoms with van der Waals surface area (Å²) in [5.74, 6) is -0.862. The molecule has 1 aliphatic heterocycles. The fourth-order valence-electron chi connectivity index (χ4n) is 3.59. The number of hydrogen-bond acceptors (Lipinski definition) is 3. The van der Waals surface area contributed by atoms with E-state index in [4.69, 9.17) is 0 Å². The van der Waals surface area contributed by atoms with E-state index in [1.54, 1.807) is 12.1 Å². The highest BCUT2D eigenvalue weighted by Gasteiger charge is 2.52. The molecule has 0 radical (unpaired) electrons. The van der Waals surface area contributed by atoms with Gasteiger partial charge in [0, 0.05) is 5.56 Å². The Kier molecular flexibility index (Phi) is 5.98. The number of hydrazine groups is 1. The summed E-state index contributed by atoms with van der Waals surface area (Å²) in [5.41, 5.74) is 4.31. The normalized spacial score (nSPS) is 19.8. The molecular weight excluding hydrogens is 368 g/mol. The van der Waals surface area contributed by atoms with Gasteiger partial charge in [-0.15, -0.1) is 0 Å². The Morgan fingerprint density at radius 2 is 1.76 bits per heavy atom. The lowest BCUT2D eigenvalue weighted by Crippen LogP contribution is -3.09. The molecule has 0 aliphatic carbocycles. The maximum atomic E-state index is 13.0. The monoisotopic (exact) mass is 395 g/mol. The highest BCUT2D eigenvalue weighted by atomic mass is 16.2. The maximum Gasteiger partial charge on any atom is 0.344 e. The summed E-state index contributed by atoms with van der Waals surface area (Å²) in [7, 11) is 1.89. The lowest BCUT2D eigenvalue weighted by atomic mass is 9.87. The quantitative estimate of drug-likeness (QED) is 0.609. The average Bonchev–Trinajstić information content (AvgIpc) is 2.95. The molecule has 1 unspecified atom stereocenters. The van der Waals surface area contributed by atoms with Crippen molar-refractivity contribution in [2.45, 2.75) is 32.4 Å². The number of hydrogen-bond donors (Lipinski definition) is 3. The number of imide groups is 1. The summed E-state index contributed by atoms with van der Waals surface area (Å²) in [5, 5.41) is 3.56. The van der Waals surface area contributed by atoms with Crippen LogP contribution < -0.4 is 15.6 Å². The summed E-state index contributed by atoms with van der Waals surface area (Å²) in [6, 6.07) is 16.6. The van der Waals surface area contributed by atoms with Crippen LogP contribution in [0.4, 0.5) is 4.79 Å². The Labute approximate surface area is 170 Å². The minimum atomic E-state index is -1.16. The van der Waals surface area contributed by atoms with Gasteiger partial charge in [0.1, 0.15) is 12.1 Å². The van der Waals surface area contributed by atoms with Crippen molar-refractivity contribution in [1.29, 1.82) is 0 Å². The molecule has 2 aromatic rings. The Balaban J connectivity index is 1.65. The third-order valence-electron chi connectivity index (χ3n) is 5.21. The van der Waals surface area contributed by atoms with Crippen LogP contribution in [0.25, 0.3) is 0 Å². The van der Waals surface area contributed by atoms with Crippen LogP contribution in [0, 0.1) is 6.92 Å². The second-order valence-corrected chi connectivity index (χ2v) is 7.53. The molecule has 29 heavy (non-hydrogen) atoms. The van der Waals surface area contributed by atoms with E-state index in [0.29, 0.717) is 18.5 Å². The zero-order chi connectivity index (χ0) is 21.0. The van der Waals surface area contributed by atoms with Crippen LogP contribution >= 0.6 is 0 Å². The Morgan fingerprint density at radius 1 is 1.10 bits per heavy atom. The van der Waals surface area contributed by atoms with Crippen LogP contribution in [0.5, 0.6) is 0 Å². The standard InChI is InChI=1S/C22H26N4O3/c1-4-22(18-8-6-5-7-9-18)20(28)26(21(29)23-22)24-19(27)15-25(3)14-17-12-10-16(2)11-13-17/h5-13H,4,14-15H2,1-3H3,(H,23,29)(H,24,27)/p+1/t22-/m1/s1. The lowest BCUT2D eigenvalue weighted by Gasteiger charge is -2.25. The van der Waals surface area contributed by atoms with E-state index in [-0.39, 0.29) is 6.54 Å². The molecule has 1 aliphatic rings. The maximum absolute atomic E-state index is 13.0. The number of carbonyl (C=O) groups excluding carboxylic acids is 3. The molecule has 0 spiro atoms. The van der Waals surface area contributed by atoms with Gasteiger partial charge in [0.05, 0.1) is 7.05 Å². The molecular formula is C22H27N4O3+. The van der Waals surface area contributed by atoms with Crippen molar-refractivity contribution >= 4 is 17.8 Å². The zero-order valence-electron chi connectivity index (χ0n) is 17.0. The number of likely N-dealkylation sites (N-methyl/N-ethyl adjacent to an activating group) is 1. The van der Waals surface area contributed by atoms with Crippen molar-refractivity contribution in [3.63, 3.8) is 0 Å². The van der Waals surface area contributed by atoms with Crippen molar-refractivity contribution in [1.82, 2.24) is 15.8 Å². The number of rotatable bonds is 7. The van der Waals surface area contributed by atoms with Crippen molar-refractivity contribution in [2.24, 2.45) is 0 Å². The predicted octanol–water partition coefficient (Wildman–Crippen LogP) is 0.898. The molecule has 0 bridgehead atoms. The number of nitrogens with zero attached hydrogens (tertiary/aromatic N) is 1. The van der Waals surface area contributed by atoms with Gasteiger partial charge in [-0.2, -0.15) is 5.01 Å². The highest BCUT2D eigenvalue weighted by Crippen LogP contribution is 2.31. The number of urea groups is 1. The van der Waals surface area contributed by atoms with E-state index < -0.39 is 23.4 Å². The average molecular weight is 395 g/mol. The SMILES string of the molecule is CC[C@]1(c2ccccc2)NC(=O)N(NC(=O)C[NH+](C)Cc2ccc(C)cc2)C1=O. The molecule has 152 valence electrons. The molecule has 7 nitrogen and oxygen atoms in total. The van der Waals surface area contributed by atoms with Gasteiger partial charge in [-0.05, 0) is 18.9 Å². The van der Waals surface area contributed by atoms with Gasteiger partial charge < -0.3 is 10.2 Å². The largest absolute Gasteiger partial charge is 0.344 e. The van der Waals surface area contributed by atoms with E-state index in [2.05, 4.69) is 10.7 Å². The molecule has 3 rings (SSSR count). The smallest absolute Gasteiger partial charge is 0.326 e. The van der Waals surface area contributed by atoms with Crippen LogP contribution in [-0.2, 0) is 21.7 Å². The van der Waals surface area contributed by atoms with Gasteiger partial charge in [0.15, 0.2) is 6.54 Å². The molecule has 0 saturated carbocycles.